The second-order valence-electron chi connectivity index (χ2n) is 7.05. The predicted octanol–water partition coefficient (Wildman–Crippen LogP) is 3.44. The highest BCUT2D eigenvalue weighted by Gasteiger charge is 2.26. The Morgan fingerprint density at radius 1 is 1.12 bits per heavy atom. The van der Waals surface area contributed by atoms with Crippen LogP contribution in [0.1, 0.15) is 43.4 Å². The number of aromatic nitrogens is 1. The van der Waals surface area contributed by atoms with Crippen molar-refractivity contribution >= 4 is 28.2 Å². The van der Waals surface area contributed by atoms with Gasteiger partial charge in [-0.2, -0.15) is 0 Å². The molecule has 128 valence electrons. The van der Waals surface area contributed by atoms with Crippen LogP contribution >= 0.6 is 12.2 Å². The van der Waals surface area contributed by atoms with E-state index in [0.717, 1.165) is 23.7 Å². The van der Waals surface area contributed by atoms with E-state index in [2.05, 4.69) is 27.8 Å². The fourth-order valence-electron chi connectivity index (χ4n) is 4.14. The summed E-state index contributed by atoms with van der Waals surface area (Å²) in [6.45, 7) is 0. The number of H-pyrrole nitrogens is 1. The number of fused-ring (bicyclic) bond motifs is 3. The van der Waals surface area contributed by atoms with Crippen molar-refractivity contribution in [3.05, 3.63) is 29.5 Å². The third-order valence-electron chi connectivity index (χ3n) is 5.38. The van der Waals surface area contributed by atoms with E-state index < -0.39 is 0 Å². The molecule has 1 aromatic carbocycles. The van der Waals surface area contributed by atoms with Crippen LogP contribution in [-0.4, -0.2) is 29.3 Å². The van der Waals surface area contributed by atoms with Gasteiger partial charge in [0.15, 0.2) is 5.11 Å². The van der Waals surface area contributed by atoms with Crippen molar-refractivity contribution in [2.45, 2.75) is 57.0 Å². The average molecular weight is 343 g/mol. The van der Waals surface area contributed by atoms with Crippen LogP contribution in [0.15, 0.2) is 18.2 Å². The van der Waals surface area contributed by atoms with Crippen molar-refractivity contribution < 1.29 is 4.74 Å². The van der Waals surface area contributed by atoms with E-state index in [1.165, 1.54) is 54.3 Å². The molecule has 4 nitrogen and oxygen atoms in total. The van der Waals surface area contributed by atoms with E-state index in [1.807, 2.05) is 6.07 Å². The zero-order valence-corrected chi connectivity index (χ0v) is 15.0. The molecule has 1 atom stereocenters. The Bertz CT molecular complexity index is 748. The molecule has 3 N–H and O–H groups in total. The molecule has 1 unspecified atom stereocenters. The number of ether oxygens (including phenoxy) is 1. The van der Waals surface area contributed by atoms with Crippen molar-refractivity contribution in [3.8, 4) is 5.75 Å². The Kier molecular flexibility index (Phi) is 4.35. The molecule has 0 amide bonds. The van der Waals surface area contributed by atoms with Gasteiger partial charge in [0.25, 0.3) is 0 Å². The summed E-state index contributed by atoms with van der Waals surface area (Å²) in [5, 5.41) is 9.13. The molecule has 1 heterocycles. The lowest BCUT2D eigenvalue weighted by Gasteiger charge is -2.25. The maximum atomic E-state index is 5.54. The molecule has 24 heavy (non-hydrogen) atoms. The fraction of sp³-hybridized carbons (Fsp3) is 0.526. The molecule has 0 saturated heterocycles. The number of aromatic amines is 1. The summed E-state index contributed by atoms with van der Waals surface area (Å²) in [6, 6.07) is 7.18. The summed E-state index contributed by atoms with van der Waals surface area (Å²) < 4.78 is 5.37. The molecule has 0 bridgehead atoms. The lowest BCUT2D eigenvalue weighted by molar-refractivity contribution is 0.410. The maximum absolute atomic E-state index is 5.54. The van der Waals surface area contributed by atoms with Crippen LogP contribution in [-0.2, 0) is 12.8 Å². The Hall–Kier alpha value is -1.75. The van der Waals surface area contributed by atoms with Crippen LogP contribution in [0.25, 0.3) is 10.9 Å². The molecule has 2 aliphatic rings. The molecule has 4 rings (SSSR count). The van der Waals surface area contributed by atoms with E-state index in [4.69, 9.17) is 17.0 Å². The second kappa shape index (κ2) is 6.63. The minimum atomic E-state index is 0.380. The van der Waals surface area contributed by atoms with Gasteiger partial charge in [0.2, 0.25) is 0 Å². The van der Waals surface area contributed by atoms with Crippen LogP contribution in [0.2, 0.25) is 0 Å². The Morgan fingerprint density at radius 3 is 2.71 bits per heavy atom. The van der Waals surface area contributed by atoms with Crippen molar-refractivity contribution in [2.24, 2.45) is 0 Å². The Morgan fingerprint density at radius 2 is 1.92 bits per heavy atom. The van der Waals surface area contributed by atoms with Gasteiger partial charge in [-0.1, -0.05) is 19.3 Å². The Balaban J connectivity index is 1.40. The van der Waals surface area contributed by atoms with E-state index in [-0.39, 0.29) is 0 Å². The van der Waals surface area contributed by atoms with Crippen LogP contribution in [0.5, 0.6) is 5.75 Å². The first kappa shape index (κ1) is 15.8. The monoisotopic (exact) mass is 343 g/mol. The standard InChI is InChI=1S/C19H25N3OS/c1-23-14-7-8-17-16(11-14)15-9-13(10-18(15)22-17)21-19(24)20-12-5-3-2-4-6-12/h7-8,11-13,22H,2-6,9-10H2,1H3,(H2,20,21,24). The third kappa shape index (κ3) is 3.09. The van der Waals surface area contributed by atoms with Gasteiger partial charge in [-0.15, -0.1) is 0 Å². The fourth-order valence-corrected chi connectivity index (χ4v) is 4.48. The summed E-state index contributed by atoms with van der Waals surface area (Å²) >= 11 is 5.54. The maximum Gasteiger partial charge on any atom is 0.166 e. The topological polar surface area (TPSA) is 49.1 Å². The first-order chi connectivity index (χ1) is 11.7. The molecule has 0 aliphatic heterocycles. The average Bonchev–Trinajstić information content (AvgIpc) is 3.12. The molecule has 5 heteroatoms. The van der Waals surface area contributed by atoms with Gasteiger partial charge in [0.05, 0.1) is 7.11 Å². The highest BCUT2D eigenvalue weighted by Crippen LogP contribution is 2.32. The molecular formula is C19H25N3OS. The molecular weight excluding hydrogens is 318 g/mol. The van der Waals surface area contributed by atoms with Gasteiger partial charge in [-0.3, -0.25) is 0 Å². The summed E-state index contributed by atoms with van der Waals surface area (Å²) in [5.41, 5.74) is 3.93. The minimum Gasteiger partial charge on any atom is -0.497 e. The largest absolute Gasteiger partial charge is 0.497 e. The van der Waals surface area contributed by atoms with Crippen LogP contribution in [0, 0.1) is 0 Å². The third-order valence-corrected chi connectivity index (χ3v) is 5.61. The van der Waals surface area contributed by atoms with Gasteiger partial charge in [-0.05, 0) is 55.2 Å². The first-order valence-corrected chi connectivity index (χ1v) is 9.38. The summed E-state index contributed by atoms with van der Waals surface area (Å²) in [4.78, 5) is 3.55. The normalized spacial score (nSPS) is 20.8. The van der Waals surface area contributed by atoms with Crippen LogP contribution < -0.4 is 15.4 Å². The summed E-state index contributed by atoms with van der Waals surface area (Å²) in [6.07, 6.45) is 8.51. The van der Waals surface area contributed by atoms with Crippen molar-refractivity contribution in [2.75, 3.05) is 7.11 Å². The Labute approximate surface area is 148 Å². The SMILES string of the molecule is COc1ccc2[nH]c3c(c2c1)CC(NC(=S)NC1CCCCC1)C3. The molecule has 1 fully saturated rings. The molecule has 2 aromatic rings. The highest BCUT2D eigenvalue weighted by atomic mass is 32.1. The second-order valence-corrected chi connectivity index (χ2v) is 7.46. The zero-order valence-electron chi connectivity index (χ0n) is 14.2. The van der Waals surface area contributed by atoms with Gasteiger partial charge < -0.3 is 20.4 Å². The quantitative estimate of drug-likeness (QED) is 0.747. The number of nitrogens with one attached hydrogen (secondary N) is 3. The highest BCUT2D eigenvalue weighted by molar-refractivity contribution is 7.80. The van der Waals surface area contributed by atoms with E-state index in [9.17, 15) is 0 Å². The number of hydrogen-bond donors (Lipinski definition) is 3. The number of methoxy groups -OCH3 is 1. The molecule has 2 aliphatic carbocycles. The molecule has 1 aromatic heterocycles. The summed E-state index contributed by atoms with van der Waals surface area (Å²) in [7, 11) is 1.72. The van der Waals surface area contributed by atoms with E-state index in [1.54, 1.807) is 7.11 Å². The van der Waals surface area contributed by atoms with Gasteiger partial charge in [0.1, 0.15) is 5.75 Å². The van der Waals surface area contributed by atoms with Crippen molar-refractivity contribution in [1.29, 1.82) is 0 Å². The number of rotatable bonds is 3. The number of hydrogen-bond acceptors (Lipinski definition) is 2. The minimum absolute atomic E-state index is 0.380. The lowest BCUT2D eigenvalue weighted by Crippen LogP contribution is -2.47. The number of benzene rings is 1. The molecule has 0 radical (unpaired) electrons. The predicted molar refractivity (Wildman–Crippen MR) is 102 cm³/mol. The van der Waals surface area contributed by atoms with Crippen LogP contribution in [0.3, 0.4) is 0 Å². The zero-order chi connectivity index (χ0) is 16.5. The van der Waals surface area contributed by atoms with Gasteiger partial charge in [-0.25, -0.2) is 0 Å². The number of thiocarbonyl (C=S) groups is 1. The van der Waals surface area contributed by atoms with E-state index >= 15 is 0 Å². The van der Waals surface area contributed by atoms with Gasteiger partial charge >= 0.3 is 0 Å². The lowest BCUT2D eigenvalue weighted by atomic mass is 9.96. The molecule has 0 spiro atoms. The van der Waals surface area contributed by atoms with Crippen molar-refractivity contribution in [3.63, 3.8) is 0 Å². The first-order valence-electron chi connectivity index (χ1n) is 8.97. The smallest absolute Gasteiger partial charge is 0.166 e. The summed E-state index contributed by atoms with van der Waals surface area (Å²) in [5.74, 6) is 0.912. The van der Waals surface area contributed by atoms with E-state index in [0.29, 0.717) is 12.1 Å². The van der Waals surface area contributed by atoms with Crippen LogP contribution in [0.4, 0.5) is 0 Å². The van der Waals surface area contributed by atoms with Gasteiger partial charge in [0, 0.05) is 35.1 Å². The van der Waals surface area contributed by atoms with Crippen molar-refractivity contribution in [1.82, 2.24) is 15.6 Å². The molecule has 1 saturated carbocycles.